The number of aromatic nitrogens is 2. The van der Waals surface area contributed by atoms with Gasteiger partial charge in [0, 0.05) is 26.0 Å². The van der Waals surface area contributed by atoms with Crippen molar-refractivity contribution in [2.75, 3.05) is 7.05 Å². The van der Waals surface area contributed by atoms with E-state index in [0.717, 1.165) is 12.4 Å². The van der Waals surface area contributed by atoms with E-state index in [4.69, 9.17) is 5.73 Å². The van der Waals surface area contributed by atoms with Crippen LogP contribution in [0.4, 0.5) is 0 Å². The van der Waals surface area contributed by atoms with Gasteiger partial charge in [0.05, 0.1) is 6.54 Å². The fraction of sp³-hybridized carbons (Fsp3) is 0.231. The molecule has 0 amide bonds. The van der Waals surface area contributed by atoms with Gasteiger partial charge in [-0.05, 0) is 5.56 Å². The molecule has 1 aromatic heterocycles. The molecule has 0 saturated heterocycles. The normalized spacial score (nSPS) is 10.9. The molecule has 1 aromatic carbocycles. The number of nitrogens with two attached hydrogens (primary N) is 1. The number of benzene rings is 1. The maximum atomic E-state index is 5.59. The summed E-state index contributed by atoms with van der Waals surface area (Å²) < 4.78 is 2.09. The highest BCUT2D eigenvalue weighted by Gasteiger charge is 2.03. The first-order valence-corrected chi connectivity index (χ1v) is 5.79. The minimum absolute atomic E-state index is 0. The van der Waals surface area contributed by atoms with Gasteiger partial charge in [-0.25, -0.2) is 4.98 Å². The number of hydrogen-bond acceptors (Lipinski definition) is 2. The van der Waals surface area contributed by atoms with E-state index >= 15 is 0 Å². The molecule has 6 heteroatoms. The summed E-state index contributed by atoms with van der Waals surface area (Å²) in [6.07, 6.45) is 3.75. The summed E-state index contributed by atoms with van der Waals surface area (Å²) in [5.41, 5.74) is 6.84. The molecule has 0 aliphatic rings. The van der Waals surface area contributed by atoms with Gasteiger partial charge in [0.25, 0.3) is 0 Å². The summed E-state index contributed by atoms with van der Waals surface area (Å²) in [7, 11) is 1.65. The van der Waals surface area contributed by atoms with Crippen LogP contribution in [0.15, 0.2) is 47.7 Å². The number of guanidine groups is 1. The lowest BCUT2D eigenvalue weighted by Gasteiger charge is -2.09. The average Bonchev–Trinajstić information content (AvgIpc) is 2.84. The third-order valence-corrected chi connectivity index (χ3v) is 2.67. The Hall–Kier alpha value is -1.57. The molecule has 0 unspecified atom stereocenters. The van der Waals surface area contributed by atoms with E-state index < -0.39 is 0 Å². The zero-order chi connectivity index (χ0) is 12.8. The molecule has 0 atom stereocenters. The van der Waals surface area contributed by atoms with Crippen LogP contribution in [-0.2, 0) is 13.1 Å². The molecule has 3 N–H and O–H groups in total. The van der Waals surface area contributed by atoms with Crippen LogP contribution < -0.4 is 11.1 Å². The van der Waals surface area contributed by atoms with Crippen molar-refractivity contribution < 1.29 is 0 Å². The number of hydrogen-bond donors (Lipinski definition) is 2. The van der Waals surface area contributed by atoms with Crippen LogP contribution >= 0.6 is 24.0 Å². The number of nitrogens with zero attached hydrogens (tertiary/aromatic N) is 3. The largest absolute Gasteiger partial charge is 0.370 e. The van der Waals surface area contributed by atoms with Crippen LogP contribution in [0, 0.1) is 0 Å². The Morgan fingerprint density at radius 2 is 2.11 bits per heavy atom. The lowest BCUT2D eigenvalue weighted by Crippen LogP contribution is -2.31. The van der Waals surface area contributed by atoms with Crippen molar-refractivity contribution in [2.45, 2.75) is 13.1 Å². The second-order valence-electron chi connectivity index (χ2n) is 3.92. The zero-order valence-corrected chi connectivity index (χ0v) is 13.1. The molecule has 0 aliphatic carbocycles. The third-order valence-electron chi connectivity index (χ3n) is 2.67. The molecule has 0 fully saturated rings. The SMILES string of the molecule is CN=C(N)NCc1nccn1Cc1ccccc1.I. The minimum atomic E-state index is 0. The second kappa shape index (κ2) is 7.78. The molecular weight excluding hydrogens is 353 g/mol. The Morgan fingerprint density at radius 3 is 2.79 bits per heavy atom. The van der Waals surface area contributed by atoms with Gasteiger partial charge in [-0.15, -0.1) is 24.0 Å². The first-order valence-electron chi connectivity index (χ1n) is 5.79. The highest BCUT2D eigenvalue weighted by Crippen LogP contribution is 2.05. The van der Waals surface area contributed by atoms with Gasteiger partial charge in [-0.2, -0.15) is 0 Å². The third kappa shape index (κ3) is 4.55. The zero-order valence-electron chi connectivity index (χ0n) is 10.8. The molecule has 2 aromatic rings. The van der Waals surface area contributed by atoms with Gasteiger partial charge in [-0.3, -0.25) is 4.99 Å². The molecule has 102 valence electrons. The summed E-state index contributed by atoms with van der Waals surface area (Å²) in [6.45, 7) is 1.38. The predicted octanol–water partition coefficient (Wildman–Crippen LogP) is 1.58. The van der Waals surface area contributed by atoms with E-state index in [9.17, 15) is 0 Å². The maximum absolute atomic E-state index is 5.59. The Labute approximate surface area is 130 Å². The molecule has 0 spiro atoms. The Bertz CT molecular complexity index is 521. The van der Waals surface area contributed by atoms with Gasteiger partial charge >= 0.3 is 0 Å². The molecule has 19 heavy (non-hydrogen) atoms. The van der Waals surface area contributed by atoms with Crippen molar-refractivity contribution in [3.8, 4) is 0 Å². The van der Waals surface area contributed by atoms with E-state index in [0.29, 0.717) is 12.5 Å². The van der Waals surface area contributed by atoms with Crippen LogP contribution in [0.1, 0.15) is 11.4 Å². The predicted molar refractivity (Wildman–Crippen MR) is 87.6 cm³/mol. The Kier molecular flexibility index (Phi) is 6.34. The van der Waals surface area contributed by atoms with Crippen molar-refractivity contribution in [3.05, 3.63) is 54.1 Å². The van der Waals surface area contributed by atoms with Crippen molar-refractivity contribution in [2.24, 2.45) is 10.7 Å². The number of imidazole rings is 1. The summed E-state index contributed by atoms with van der Waals surface area (Å²) >= 11 is 0. The van der Waals surface area contributed by atoms with Gasteiger partial charge in [0.2, 0.25) is 0 Å². The minimum Gasteiger partial charge on any atom is -0.370 e. The van der Waals surface area contributed by atoms with E-state index in [1.54, 1.807) is 13.2 Å². The van der Waals surface area contributed by atoms with Crippen LogP contribution in [0.5, 0.6) is 0 Å². The van der Waals surface area contributed by atoms with Crippen LogP contribution in [-0.4, -0.2) is 22.6 Å². The molecule has 2 rings (SSSR count). The Morgan fingerprint density at radius 1 is 1.37 bits per heavy atom. The number of halogens is 1. The first-order chi connectivity index (χ1) is 8.79. The van der Waals surface area contributed by atoms with Gasteiger partial charge in [0.15, 0.2) is 5.96 Å². The number of aliphatic imine (C=N–C) groups is 1. The van der Waals surface area contributed by atoms with E-state index in [2.05, 4.69) is 32.0 Å². The van der Waals surface area contributed by atoms with Crippen molar-refractivity contribution in [3.63, 3.8) is 0 Å². The lowest BCUT2D eigenvalue weighted by atomic mass is 10.2. The van der Waals surface area contributed by atoms with E-state index in [-0.39, 0.29) is 24.0 Å². The molecular formula is C13H18IN5. The topological polar surface area (TPSA) is 68.2 Å². The van der Waals surface area contributed by atoms with Crippen LogP contribution in [0.2, 0.25) is 0 Å². The molecule has 5 nitrogen and oxygen atoms in total. The van der Waals surface area contributed by atoms with Crippen molar-refractivity contribution >= 4 is 29.9 Å². The monoisotopic (exact) mass is 371 g/mol. The molecule has 1 heterocycles. The van der Waals surface area contributed by atoms with Crippen molar-refractivity contribution in [1.29, 1.82) is 0 Å². The van der Waals surface area contributed by atoms with E-state index in [1.807, 2.05) is 24.4 Å². The van der Waals surface area contributed by atoms with Crippen LogP contribution in [0.25, 0.3) is 0 Å². The number of nitrogens with one attached hydrogen (secondary N) is 1. The molecule has 0 bridgehead atoms. The quantitative estimate of drug-likeness (QED) is 0.487. The van der Waals surface area contributed by atoms with Gasteiger partial charge in [-0.1, -0.05) is 30.3 Å². The smallest absolute Gasteiger partial charge is 0.188 e. The standard InChI is InChI=1S/C13H17N5.HI/c1-15-13(14)17-9-12-16-7-8-18(12)10-11-5-3-2-4-6-11;/h2-8H,9-10H2,1H3,(H3,14,15,17);1H. The van der Waals surface area contributed by atoms with Gasteiger partial charge < -0.3 is 15.6 Å². The first kappa shape index (κ1) is 15.5. The fourth-order valence-corrected chi connectivity index (χ4v) is 1.68. The maximum Gasteiger partial charge on any atom is 0.188 e. The summed E-state index contributed by atoms with van der Waals surface area (Å²) in [5, 5.41) is 3.01. The second-order valence-corrected chi connectivity index (χ2v) is 3.92. The number of rotatable bonds is 4. The van der Waals surface area contributed by atoms with Gasteiger partial charge in [0.1, 0.15) is 5.82 Å². The average molecular weight is 371 g/mol. The summed E-state index contributed by atoms with van der Waals surface area (Å²) in [4.78, 5) is 8.16. The summed E-state index contributed by atoms with van der Waals surface area (Å²) in [6, 6.07) is 10.3. The highest BCUT2D eigenvalue weighted by atomic mass is 127. The molecule has 0 radical (unpaired) electrons. The summed E-state index contributed by atoms with van der Waals surface area (Å²) in [5.74, 6) is 1.36. The molecule has 0 aliphatic heterocycles. The van der Waals surface area contributed by atoms with Crippen LogP contribution in [0.3, 0.4) is 0 Å². The highest BCUT2D eigenvalue weighted by molar-refractivity contribution is 14.0. The lowest BCUT2D eigenvalue weighted by molar-refractivity contribution is 0.697. The Balaban J connectivity index is 0.00000180. The van der Waals surface area contributed by atoms with E-state index in [1.165, 1.54) is 5.56 Å². The molecule has 0 saturated carbocycles. The fourth-order valence-electron chi connectivity index (χ4n) is 1.68. The van der Waals surface area contributed by atoms with Crippen molar-refractivity contribution in [1.82, 2.24) is 14.9 Å².